The molecule has 1 N–H and O–H groups in total. The first-order valence-electron chi connectivity index (χ1n) is 9.04. The Kier molecular flexibility index (Phi) is 4.71. The highest BCUT2D eigenvalue weighted by atomic mass is 16.2. The molecular formula is C23H20N2O2. The van der Waals surface area contributed by atoms with E-state index in [4.69, 9.17) is 0 Å². The van der Waals surface area contributed by atoms with Crippen LogP contribution in [0, 0.1) is 0 Å². The van der Waals surface area contributed by atoms with Crippen LogP contribution in [0.4, 0.5) is 11.4 Å². The molecule has 0 bridgehead atoms. The minimum Gasteiger partial charge on any atom is -0.326 e. The molecule has 4 rings (SSSR count). The molecule has 0 atom stereocenters. The van der Waals surface area contributed by atoms with Gasteiger partial charge in [0.15, 0.2) is 0 Å². The van der Waals surface area contributed by atoms with E-state index >= 15 is 0 Å². The van der Waals surface area contributed by atoms with Crippen molar-refractivity contribution in [1.82, 2.24) is 0 Å². The summed E-state index contributed by atoms with van der Waals surface area (Å²) in [4.78, 5) is 26.8. The molecule has 3 aromatic carbocycles. The number of rotatable bonds is 4. The molecule has 0 radical (unpaired) electrons. The van der Waals surface area contributed by atoms with Crippen LogP contribution in [0.3, 0.4) is 0 Å². The monoisotopic (exact) mass is 356 g/mol. The summed E-state index contributed by atoms with van der Waals surface area (Å²) in [5.41, 5.74) is 4.44. The number of hydrogen-bond acceptors (Lipinski definition) is 2. The molecule has 1 heterocycles. The maximum absolute atomic E-state index is 12.7. The minimum absolute atomic E-state index is 0.00946. The summed E-state index contributed by atoms with van der Waals surface area (Å²) < 4.78 is 0. The van der Waals surface area contributed by atoms with Crippen LogP contribution < -0.4 is 10.2 Å². The number of nitrogens with one attached hydrogen (secondary N) is 1. The van der Waals surface area contributed by atoms with Crippen LogP contribution in [0.5, 0.6) is 0 Å². The molecular weight excluding hydrogens is 336 g/mol. The zero-order valence-corrected chi connectivity index (χ0v) is 14.9. The van der Waals surface area contributed by atoms with Crippen LogP contribution in [0.15, 0.2) is 78.9 Å². The number of carbonyl (C=O) groups excluding carboxylic acids is 2. The lowest BCUT2D eigenvalue weighted by Gasteiger charge is -2.17. The molecule has 0 saturated heterocycles. The Bertz CT molecular complexity index is 968. The van der Waals surface area contributed by atoms with Gasteiger partial charge in [-0.3, -0.25) is 9.59 Å². The summed E-state index contributed by atoms with van der Waals surface area (Å²) in [7, 11) is 0. The van der Waals surface area contributed by atoms with Crippen molar-refractivity contribution in [3.8, 4) is 0 Å². The molecule has 0 aromatic heterocycles. The smallest absolute Gasteiger partial charge is 0.258 e. The molecule has 0 spiro atoms. The first kappa shape index (κ1) is 17.0. The Labute approximate surface area is 158 Å². The Morgan fingerprint density at radius 2 is 1.59 bits per heavy atom. The quantitative estimate of drug-likeness (QED) is 0.766. The summed E-state index contributed by atoms with van der Waals surface area (Å²) >= 11 is 0. The van der Waals surface area contributed by atoms with Crippen molar-refractivity contribution < 1.29 is 9.59 Å². The van der Waals surface area contributed by atoms with Gasteiger partial charge in [0, 0.05) is 23.5 Å². The lowest BCUT2D eigenvalue weighted by Crippen LogP contribution is -2.28. The summed E-state index contributed by atoms with van der Waals surface area (Å²) in [6.45, 7) is 0.657. The molecule has 0 unspecified atom stereocenters. The van der Waals surface area contributed by atoms with Crippen LogP contribution in [-0.2, 0) is 17.6 Å². The molecule has 1 aliphatic rings. The van der Waals surface area contributed by atoms with E-state index < -0.39 is 0 Å². The topological polar surface area (TPSA) is 49.4 Å². The molecule has 3 aromatic rings. The van der Waals surface area contributed by atoms with E-state index in [1.54, 1.807) is 4.90 Å². The van der Waals surface area contributed by atoms with Gasteiger partial charge in [0.05, 0.1) is 6.42 Å². The second-order valence-electron chi connectivity index (χ2n) is 6.63. The second kappa shape index (κ2) is 7.46. The number of fused-ring (bicyclic) bond motifs is 1. The molecule has 0 fully saturated rings. The average molecular weight is 356 g/mol. The van der Waals surface area contributed by atoms with Gasteiger partial charge in [-0.15, -0.1) is 0 Å². The van der Waals surface area contributed by atoms with Gasteiger partial charge in [0.2, 0.25) is 5.91 Å². The highest BCUT2D eigenvalue weighted by molar-refractivity contribution is 6.07. The number of benzene rings is 3. The standard InChI is InChI=1S/C23H20N2O2/c26-22(15-17-7-3-1-4-8-17)24-20-11-12-21-19(16-20)13-14-25(21)23(27)18-9-5-2-6-10-18/h1-12,16H,13-15H2,(H,24,26). The van der Waals surface area contributed by atoms with E-state index in [2.05, 4.69) is 5.32 Å². The third-order valence-corrected chi connectivity index (χ3v) is 4.73. The van der Waals surface area contributed by atoms with E-state index in [1.165, 1.54) is 0 Å². The number of nitrogens with zero attached hydrogens (tertiary/aromatic N) is 1. The first-order chi connectivity index (χ1) is 13.2. The van der Waals surface area contributed by atoms with Gasteiger partial charge in [-0.05, 0) is 47.9 Å². The third kappa shape index (κ3) is 3.75. The van der Waals surface area contributed by atoms with Gasteiger partial charge in [-0.1, -0.05) is 48.5 Å². The second-order valence-corrected chi connectivity index (χ2v) is 6.63. The van der Waals surface area contributed by atoms with Crippen LogP contribution in [0.25, 0.3) is 0 Å². The van der Waals surface area contributed by atoms with Gasteiger partial charge in [-0.2, -0.15) is 0 Å². The molecule has 134 valence electrons. The van der Waals surface area contributed by atoms with Crippen molar-refractivity contribution in [2.24, 2.45) is 0 Å². The van der Waals surface area contributed by atoms with Crippen molar-refractivity contribution in [1.29, 1.82) is 0 Å². The molecule has 27 heavy (non-hydrogen) atoms. The molecule has 4 nitrogen and oxygen atoms in total. The van der Waals surface area contributed by atoms with Crippen molar-refractivity contribution in [2.45, 2.75) is 12.8 Å². The van der Waals surface area contributed by atoms with Crippen molar-refractivity contribution in [2.75, 3.05) is 16.8 Å². The fourth-order valence-corrected chi connectivity index (χ4v) is 3.41. The van der Waals surface area contributed by atoms with E-state index in [0.29, 0.717) is 18.5 Å². The number of anilines is 2. The van der Waals surface area contributed by atoms with E-state index in [0.717, 1.165) is 28.9 Å². The molecule has 4 heteroatoms. The van der Waals surface area contributed by atoms with Gasteiger partial charge in [-0.25, -0.2) is 0 Å². The summed E-state index contributed by atoms with van der Waals surface area (Å²) in [6.07, 6.45) is 1.13. The van der Waals surface area contributed by atoms with Crippen molar-refractivity contribution in [3.05, 3.63) is 95.6 Å². The number of carbonyl (C=O) groups is 2. The van der Waals surface area contributed by atoms with E-state index in [1.807, 2.05) is 78.9 Å². The SMILES string of the molecule is O=C(Cc1ccccc1)Nc1ccc2c(c1)CCN2C(=O)c1ccccc1. The van der Waals surface area contributed by atoms with Crippen LogP contribution in [0.1, 0.15) is 21.5 Å². The fourth-order valence-electron chi connectivity index (χ4n) is 3.41. The van der Waals surface area contributed by atoms with E-state index in [-0.39, 0.29) is 11.8 Å². The Hall–Kier alpha value is -3.40. The largest absolute Gasteiger partial charge is 0.326 e. The Morgan fingerprint density at radius 1 is 0.889 bits per heavy atom. The highest BCUT2D eigenvalue weighted by Gasteiger charge is 2.25. The summed E-state index contributed by atoms with van der Waals surface area (Å²) in [6, 6.07) is 24.7. The van der Waals surface area contributed by atoms with Crippen LogP contribution in [-0.4, -0.2) is 18.4 Å². The molecule has 0 saturated carbocycles. The normalized spacial score (nSPS) is 12.5. The van der Waals surface area contributed by atoms with Crippen molar-refractivity contribution in [3.63, 3.8) is 0 Å². The zero-order chi connectivity index (χ0) is 18.6. The van der Waals surface area contributed by atoms with E-state index in [9.17, 15) is 9.59 Å². The van der Waals surface area contributed by atoms with Gasteiger partial charge < -0.3 is 10.2 Å². The molecule has 1 aliphatic heterocycles. The average Bonchev–Trinajstić information content (AvgIpc) is 3.12. The fraction of sp³-hybridized carbons (Fsp3) is 0.130. The van der Waals surface area contributed by atoms with Crippen LogP contribution >= 0.6 is 0 Å². The maximum atomic E-state index is 12.7. The predicted octanol–water partition coefficient (Wildman–Crippen LogP) is 4.07. The molecule has 0 aliphatic carbocycles. The van der Waals surface area contributed by atoms with Gasteiger partial charge >= 0.3 is 0 Å². The minimum atomic E-state index is -0.0450. The van der Waals surface area contributed by atoms with Gasteiger partial charge in [0.25, 0.3) is 5.91 Å². The third-order valence-electron chi connectivity index (χ3n) is 4.73. The predicted molar refractivity (Wildman–Crippen MR) is 107 cm³/mol. The number of hydrogen-bond donors (Lipinski definition) is 1. The Balaban J connectivity index is 1.47. The Morgan fingerprint density at radius 3 is 2.33 bits per heavy atom. The lowest BCUT2D eigenvalue weighted by molar-refractivity contribution is -0.115. The van der Waals surface area contributed by atoms with Crippen molar-refractivity contribution >= 4 is 23.2 Å². The molecule has 2 amide bonds. The van der Waals surface area contributed by atoms with Crippen LogP contribution in [0.2, 0.25) is 0 Å². The number of amides is 2. The first-order valence-corrected chi connectivity index (χ1v) is 9.04. The maximum Gasteiger partial charge on any atom is 0.258 e. The summed E-state index contributed by atoms with van der Waals surface area (Å²) in [5.74, 6) is -0.0356. The highest BCUT2D eigenvalue weighted by Crippen LogP contribution is 2.31. The van der Waals surface area contributed by atoms with Gasteiger partial charge in [0.1, 0.15) is 0 Å². The summed E-state index contributed by atoms with van der Waals surface area (Å²) in [5, 5.41) is 2.95. The lowest BCUT2D eigenvalue weighted by atomic mass is 10.1. The zero-order valence-electron chi connectivity index (χ0n) is 14.9.